The van der Waals surface area contributed by atoms with E-state index in [4.69, 9.17) is 11.6 Å². The van der Waals surface area contributed by atoms with Crippen LogP contribution in [0.5, 0.6) is 0 Å². The Morgan fingerprint density at radius 2 is 1.76 bits per heavy atom. The Kier molecular flexibility index (Phi) is 7.48. The van der Waals surface area contributed by atoms with E-state index in [0.29, 0.717) is 31.1 Å². The molecule has 5 heteroatoms. The lowest BCUT2D eigenvalue weighted by atomic mass is 10.1. The SMILES string of the molecule is CCN(Cc1ccccc1)C(=O)CC(=O)NCCc1cccc(Cl)c1. The molecular weight excluding hydrogens is 336 g/mol. The number of carbonyl (C=O) groups is 2. The maximum absolute atomic E-state index is 12.3. The van der Waals surface area contributed by atoms with E-state index in [2.05, 4.69) is 5.32 Å². The molecule has 0 fully saturated rings. The standard InChI is InChI=1S/C20H23ClN2O2/c1-2-23(15-17-7-4-3-5-8-17)20(25)14-19(24)22-12-11-16-9-6-10-18(21)13-16/h3-10,13H,2,11-12,14-15H2,1H3,(H,22,24). The summed E-state index contributed by atoms with van der Waals surface area (Å²) in [6.45, 7) is 3.49. The lowest BCUT2D eigenvalue weighted by Crippen LogP contribution is -2.35. The van der Waals surface area contributed by atoms with Crippen molar-refractivity contribution in [3.8, 4) is 0 Å². The molecule has 1 N–H and O–H groups in total. The Morgan fingerprint density at radius 1 is 1.04 bits per heavy atom. The van der Waals surface area contributed by atoms with Gasteiger partial charge in [0.1, 0.15) is 6.42 Å². The fourth-order valence-corrected chi connectivity index (χ4v) is 2.74. The van der Waals surface area contributed by atoms with E-state index in [1.165, 1.54) is 0 Å². The van der Waals surface area contributed by atoms with Crippen LogP contribution in [0.3, 0.4) is 0 Å². The summed E-state index contributed by atoms with van der Waals surface area (Å²) < 4.78 is 0. The van der Waals surface area contributed by atoms with Gasteiger partial charge in [0.25, 0.3) is 0 Å². The minimum Gasteiger partial charge on any atom is -0.355 e. The van der Waals surface area contributed by atoms with Crippen LogP contribution < -0.4 is 5.32 Å². The number of nitrogens with one attached hydrogen (secondary N) is 1. The first-order valence-electron chi connectivity index (χ1n) is 8.41. The van der Waals surface area contributed by atoms with Gasteiger partial charge in [-0.2, -0.15) is 0 Å². The minimum absolute atomic E-state index is 0.129. The first-order chi connectivity index (χ1) is 12.1. The lowest BCUT2D eigenvalue weighted by molar-refractivity contribution is -0.136. The number of benzene rings is 2. The summed E-state index contributed by atoms with van der Waals surface area (Å²) in [4.78, 5) is 26.0. The van der Waals surface area contributed by atoms with E-state index < -0.39 is 0 Å². The molecule has 0 bridgehead atoms. The average Bonchev–Trinajstić information content (AvgIpc) is 2.60. The second-order valence-electron chi connectivity index (χ2n) is 5.80. The van der Waals surface area contributed by atoms with Gasteiger partial charge in [-0.3, -0.25) is 9.59 Å². The zero-order valence-corrected chi connectivity index (χ0v) is 15.1. The molecule has 0 aliphatic rings. The normalized spacial score (nSPS) is 10.3. The summed E-state index contributed by atoms with van der Waals surface area (Å²) in [6.07, 6.45) is 0.554. The molecule has 0 aliphatic carbocycles. The highest BCUT2D eigenvalue weighted by molar-refractivity contribution is 6.30. The smallest absolute Gasteiger partial charge is 0.232 e. The van der Waals surface area contributed by atoms with Crippen molar-refractivity contribution in [3.05, 3.63) is 70.7 Å². The molecule has 2 amide bonds. The largest absolute Gasteiger partial charge is 0.355 e. The van der Waals surface area contributed by atoms with Crippen molar-refractivity contribution in [2.45, 2.75) is 26.3 Å². The van der Waals surface area contributed by atoms with E-state index >= 15 is 0 Å². The van der Waals surface area contributed by atoms with Crippen molar-refractivity contribution < 1.29 is 9.59 Å². The van der Waals surface area contributed by atoms with Gasteiger partial charge in [-0.1, -0.05) is 54.1 Å². The van der Waals surface area contributed by atoms with Gasteiger partial charge in [-0.25, -0.2) is 0 Å². The van der Waals surface area contributed by atoms with Crippen molar-refractivity contribution in [1.29, 1.82) is 0 Å². The van der Waals surface area contributed by atoms with Crippen LogP contribution in [-0.4, -0.2) is 29.8 Å². The number of hydrogen-bond acceptors (Lipinski definition) is 2. The van der Waals surface area contributed by atoms with E-state index in [0.717, 1.165) is 11.1 Å². The highest BCUT2D eigenvalue weighted by Gasteiger charge is 2.16. The van der Waals surface area contributed by atoms with E-state index in [1.54, 1.807) is 4.90 Å². The molecule has 0 saturated carbocycles. The molecule has 2 aromatic rings. The predicted molar refractivity (Wildman–Crippen MR) is 100 cm³/mol. The summed E-state index contributed by atoms with van der Waals surface area (Å²) in [7, 11) is 0. The maximum atomic E-state index is 12.3. The fourth-order valence-electron chi connectivity index (χ4n) is 2.53. The third-order valence-corrected chi connectivity index (χ3v) is 4.12. The van der Waals surface area contributed by atoms with Crippen LogP contribution in [-0.2, 0) is 22.6 Å². The summed E-state index contributed by atoms with van der Waals surface area (Å²) >= 11 is 5.93. The molecule has 0 spiro atoms. The van der Waals surface area contributed by atoms with E-state index in [-0.39, 0.29) is 18.2 Å². The molecule has 2 rings (SSSR count). The van der Waals surface area contributed by atoms with Crippen LogP contribution in [0.2, 0.25) is 5.02 Å². The number of halogens is 1. The third kappa shape index (κ3) is 6.59. The molecule has 4 nitrogen and oxygen atoms in total. The number of carbonyl (C=O) groups excluding carboxylic acids is 2. The third-order valence-electron chi connectivity index (χ3n) is 3.89. The Balaban J connectivity index is 1.77. The lowest BCUT2D eigenvalue weighted by Gasteiger charge is -2.20. The van der Waals surface area contributed by atoms with Gasteiger partial charge in [0.2, 0.25) is 11.8 Å². The molecule has 2 aromatic carbocycles. The number of hydrogen-bond donors (Lipinski definition) is 1. The number of amides is 2. The Morgan fingerprint density at radius 3 is 2.44 bits per heavy atom. The predicted octanol–water partition coefficient (Wildman–Crippen LogP) is 3.44. The first-order valence-corrected chi connectivity index (χ1v) is 8.79. The van der Waals surface area contributed by atoms with Crippen LogP contribution >= 0.6 is 11.6 Å². The molecule has 0 unspecified atom stereocenters. The molecule has 0 heterocycles. The van der Waals surface area contributed by atoms with Crippen LogP contribution in [0.1, 0.15) is 24.5 Å². The first kappa shape index (κ1) is 19.0. The zero-order chi connectivity index (χ0) is 18.1. The van der Waals surface area contributed by atoms with Crippen LogP contribution in [0, 0.1) is 0 Å². The summed E-state index contributed by atoms with van der Waals surface area (Å²) in [5.74, 6) is -0.412. The number of rotatable bonds is 8. The van der Waals surface area contributed by atoms with Gasteiger partial charge < -0.3 is 10.2 Å². The van der Waals surface area contributed by atoms with Gasteiger partial charge in [-0.05, 0) is 36.6 Å². The fraction of sp³-hybridized carbons (Fsp3) is 0.300. The quantitative estimate of drug-likeness (QED) is 0.735. The highest BCUT2D eigenvalue weighted by Crippen LogP contribution is 2.10. The van der Waals surface area contributed by atoms with Gasteiger partial charge >= 0.3 is 0 Å². The molecule has 0 aromatic heterocycles. The minimum atomic E-state index is -0.251. The van der Waals surface area contributed by atoms with Crippen molar-refractivity contribution in [3.63, 3.8) is 0 Å². The van der Waals surface area contributed by atoms with Crippen molar-refractivity contribution >= 4 is 23.4 Å². The van der Waals surface area contributed by atoms with Crippen LogP contribution in [0.25, 0.3) is 0 Å². The Labute approximate surface area is 153 Å². The van der Waals surface area contributed by atoms with Crippen LogP contribution in [0.15, 0.2) is 54.6 Å². The second-order valence-corrected chi connectivity index (χ2v) is 6.24. The highest BCUT2D eigenvalue weighted by atomic mass is 35.5. The van der Waals surface area contributed by atoms with Crippen molar-refractivity contribution in [2.24, 2.45) is 0 Å². The molecule has 0 atom stereocenters. The molecule has 0 saturated heterocycles. The zero-order valence-electron chi connectivity index (χ0n) is 14.4. The summed E-state index contributed by atoms with van der Waals surface area (Å²) in [5.41, 5.74) is 2.11. The molecule has 25 heavy (non-hydrogen) atoms. The number of nitrogens with zero attached hydrogens (tertiary/aromatic N) is 1. The summed E-state index contributed by atoms with van der Waals surface area (Å²) in [6, 6.07) is 17.3. The second kappa shape index (κ2) is 9.84. The van der Waals surface area contributed by atoms with E-state index in [1.807, 2.05) is 61.5 Å². The average molecular weight is 359 g/mol. The van der Waals surface area contributed by atoms with Gasteiger partial charge in [0.15, 0.2) is 0 Å². The van der Waals surface area contributed by atoms with Crippen molar-refractivity contribution in [2.75, 3.05) is 13.1 Å². The molecule has 0 radical (unpaired) electrons. The monoisotopic (exact) mass is 358 g/mol. The van der Waals surface area contributed by atoms with Gasteiger partial charge in [-0.15, -0.1) is 0 Å². The maximum Gasteiger partial charge on any atom is 0.232 e. The Bertz CT molecular complexity index is 704. The molecular formula is C20H23ClN2O2. The van der Waals surface area contributed by atoms with Crippen LogP contribution in [0.4, 0.5) is 0 Å². The molecule has 0 aliphatic heterocycles. The molecule has 132 valence electrons. The Hall–Kier alpha value is -2.33. The van der Waals surface area contributed by atoms with Gasteiger partial charge in [0.05, 0.1) is 0 Å². The van der Waals surface area contributed by atoms with Gasteiger partial charge in [0, 0.05) is 24.7 Å². The topological polar surface area (TPSA) is 49.4 Å². The summed E-state index contributed by atoms with van der Waals surface area (Å²) in [5, 5.41) is 3.47. The van der Waals surface area contributed by atoms with Crippen molar-refractivity contribution in [1.82, 2.24) is 10.2 Å². The van der Waals surface area contributed by atoms with E-state index in [9.17, 15) is 9.59 Å².